The van der Waals surface area contributed by atoms with Gasteiger partial charge in [-0.15, -0.1) is 16.4 Å². The fraction of sp³-hybridized carbons (Fsp3) is 0.200. The number of rotatable bonds is 9. The fourth-order valence-corrected chi connectivity index (χ4v) is 5.31. The average molecular weight is 539 g/mol. The molecule has 0 spiro atoms. The minimum Gasteiger partial charge on any atom is -0.378 e. The maximum Gasteiger partial charge on any atom is 0.252 e. The first kappa shape index (κ1) is 26.1. The number of nitrogens with one attached hydrogen (secondary N) is 1. The van der Waals surface area contributed by atoms with Crippen LogP contribution in [0.2, 0.25) is 0 Å². The van der Waals surface area contributed by atoms with E-state index in [1.165, 1.54) is 11.3 Å². The zero-order valence-corrected chi connectivity index (χ0v) is 22.9. The van der Waals surface area contributed by atoms with Crippen LogP contribution in [-0.2, 0) is 22.7 Å². The Balaban J connectivity index is 1.50. The SMILES string of the molecule is Cc1ccccc1CN(C(=O)Cn1nnc2ccccc21)C(C(=O)Nc1ccc(N(C)C)cc1)c1cccs1. The van der Waals surface area contributed by atoms with E-state index in [0.717, 1.165) is 27.2 Å². The van der Waals surface area contributed by atoms with E-state index in [9.17, 15) is 9.59 Å². The number of anilines is 2. The highest BCUT2D eigenvalue weighted by molar-refractivity contribution is 7.10. The molecule has 1 unspecified atom stereocenters. The molecule has 2 heterocycles. The third-order valence-corrected chi connectivity index (χ3v) is 7.58. The Morgan fingerprint density at radius 3 is 2.41 bits per heavy atom. The van der Waals surface area contributed by atoms with Gasteiger partial charge >= 0.3 is 0 Å². The second-order valence-corrected chi connectivity index (χ2v) is 10.5. The highest BCUT2D eigenvalue weighted by Crippen LogP contribution is 2.30. The second kappa shape index (κ2) is 11.5. The van der Waals surface area contributed by atoms with Gasteiger partial charge in [0.05, 0.1) is 5.52 Å². The highest BCUT2D eigenvalue weighted by Gasteiger charge is 2.33. The number of nitrogens with zero attached hydrogens (tertiary/aromatic N) is 5. The van der Waals surface area contributed by atoms with Crippen molar-refractivity contribution in [3.05, 3.63) is 106 Å². The van der Waals surface area contributed by atoms with E-state index in [0.29, 0.717) is 11.2 Å². The maximum atomic E-state index is 14.0. The summed E-state index contributed by atoms with van der Waals surface area (Å²) in [4.78, 5) is 32.4. The number of fused-ring (bicyclic) bond motifs is 1. The molecule has 5 aromatic rings. The molecular formula is C30H30N6O2S. The lowest BCUT2D eigenvalue weighted by Crippen LogP contribution is -2.42. The number of thiophene rings is 1. The van der Waals surface area contributed by atoms with Crippen LogP contribution in [0.25, 0.3) is 11.0 Å². The lowest BCUT2D eigenvalue weighted by Gasteiger charge is -2.31. The number of hydrogen-bond donors (Lipinski definition) is 1. The topological polar surface area (TPSA) is 83.4 Å². The lowest BCUT2D eigenvalue weighted by molar-refractivity contribution is -0.140. The van der Waals surface area contributed by atoms with Gasteiger partial charge in [0, 0.05) is 36.9 Å². The zero-order chi connectivity index (χ0) is 27.4. The number of carbonyl (C=O) groups excluding carboxylic acids is 2. The normalized spacial score (nSPS) is 11.8. The molecule has 2 aromatic heterocycles. The minimum atomic E-state index is -0.833. The molecule has 9 heteroatoms. The van der Waals surface area contributed by atoms with Crippen molar-refractivity contribution in [2.45, 2.75) is 26.1 Å². The van der Waals surface area contributed by atoms with Crippen LogP contribution in [-0.4, -0.2) is 45.8 Å². The van der Waals surface area contributed by atoms with Crippen molar-refractivity contribution in [2.75, 3.05) is 24.3 Å². The van der Waals surface area contributed by atoms with Crippen LogP contribution >= 0.6 is 11.3 Å². The Morgan fingerprint density at radius 1 is 0.949 bits per heavy atom. The summed E-state index contributed by atoms with van der Waals surface area (Å²) in [7, 11) is 3.93. The zero-order valence-electron chi connectivity index (χ0n) is 22.1. The van der Waals surface area contributed by atoms with E-state index in [1.54, 1.807) is 9.58 Å². The molecule has 3 aromatic carbocycles. The molecule has 0 bridgehead atoms. The van der Waals surface area contributed by atoms with Gasteiger partial charge in [-0.3, -0.25) is 9.59 Å². The molecule has 0 saturated carbocycles. The molecule has 5 rings (SSSR count). The van der Waals surface area contributed by atoms with Crippen molar-refractivity contribution in [1.29, 1.82) is 0 Å². The molecule has 0 fully saturated rings. The molecule has 0 radical (unpaired) electrons. The number of benzene rings is 3. The van der Waals surface area contributed by atoms with Gasteiger partial charge in [0.2, 0.25) is 5.91 Å². The Hall–Kier alpha value is -4.50. The van der Waals surface area contributed by atoms with Gasteiger partial charge in [-0.25, -0.2) is 4.68 Å². The standard InChI is InChI=1S/C30H30N6O2S/c1-21-9-4-5-10-22(21)19-35(28(37)20-36-26-12-7-6-11-25(26)32-33-36)29(27-13-8-18-39-27)30(38)31-23-14-16-24(17-15-23)34(2)3/h4-18,29H,19-20H2,1-3H3,(H,31,38). The Bertz CT molecular complexity index is 1580. The lowest BCUT2D eigenvalue weighted by atomic mass is 10.1. The molecule has 39 heavy (non-hydrogen) atoms. The number of aromatic nitrogens is 3. The van der Waals surface area contributed by atoms with Crippen LogP contribution in [0.1, 0.15) is 22.0 Å². The quantitative estimate of drug-likeness (QED) is 0.276. The predicted octanol–water partition coefficient (Wildman–Crippen LogP) is 5.28. The molecule has 0 aliphatic carbocycles. The first-order valence-corrected chi connectivity index (χ1v) is 13.5. The maximum absolute atomic E-state index is 14.0. The average Bonchev–Trinajstić information content (AvgIpc) is 3.60. The number of amides is 2. The third kappa shape index (κ3) is 5.83. The Morgan fingerprint density at radius 2 is 1.69 bits per heavy atom. The first-order chi connectivity index (χ1) is 18.9. The summed E-state index contributed by atoms with van der Waals surface area (Å²) in [5, 5.41) is 13.4. The molecule has 0 saturated heterocycles. The highest BCUT2D eigenvalue weighted by atomic mass is 32.1. The van der Waals surface area contributed by atoms with E-state index in [1.807, 2.05) is 116 Å². The van der Waals surface area contributed by atoms with Gasteiger partial charge in [-0.2, -0.15) is 0 Å². The van der Waals surface area contributed by atoms with Gasteiger partial charge in [0.1, 0.15) is 18.1 Å². The fourth-order valence-electron chi connectivity index (χ4n) is 4.47. The van der Waals surface area contributed by atoms with Crippen molar-refractivity contribution in [1.82, 2.24) is 19.9 Å². The monoisotopic (exact) mass is 538 g/mol. The molecule has 198 valence electrons. The summed E-state index contributed by atoms with van der Waals surface area (Å²) < 4.78 is 1.59. The third-order valence-electron chi connectivity index (χ3n) is 6.65. The molecule has 8 nitrogen and oxygen atoms in total. The van der Waals surface area contributed by atoms with E-state index in [-0.39, 0.29) is 24.9 Å². The van der Waals surface area contributed by atoms with E-state index < -0.39 is 6.04 Å². The Kier molecular flexibility index (Phi) is 7.69. The van der Waals surface area contributed by atoms with E-state index in [4.69, 9.17) is 0 Å². The summed E-state index contributed by atoms with van der Waals surface area (Å²) in [5.41, 5.74) is 5.19. The van der Waals surface area contributed by atoms with Gasteiger partial charge in [0.25, 0.3) is 5.91 Å². The predicted molar refractivity (Wildman–Crippen MR) is 156 cm³/mol. The minimum absolute atomic E-state index is 0.0426. The van der Waals surface area contributed by atoms with Crippen molar-refractivity contribution in [3.8, 4) is 0 Å². The molecular weight excluding hydrogens is 508 g/mol. The van der Waals surface area contributed by atoms with E-state index in [2.05, 4.69) is 15.6 Å². The molecule has 1 atom stereocenters. The van der Waals surface area contributed by atoms with Crippen molar-refractivity contribution in [2.24, 2.45) is 0 Å². The smallest absolute Gasteiger partial charge is 0.252 e. The molecule has 1 N–H and O–H groups in total. The van der Waals surface area contributed by atoms with Crippen LogP contribution in [0.5, 0.6) is 0 Å². The van der Waals surface area contributed by atoms with Gasteiger partial charge < -0.3 is 15.1 Å². The summed E-state index contributed by atoms with van der Waals surface area (Å²) in [6, 6.07) is 26.0. The van der Waals surface area contributed by atoms with Crippen LogP contribution < -0.4 is 10.2 Å². The van der Waals surface area contributed by atoms with Gasteiger partial charge in [0.15, 0.2) is 0 Å². The number of aryl methyl sites for hydroxylation is 1. The molecule has 0 aliphatic rings. The largest absolute Gasteiger partial charge is 0.378 e. The van der Waals surface area contributed by atoms with Crippen LogP contribution in [0, 0.1) is 6.92 Å². The summed E-state index contributed by atoms with van der Waals surface area (Å²) in [6.45, 7) is 2.24. The molecule has 2 amide bonds. The summed E-state index contributed by atoms with van der Waals surface area (Å²) in [6.07, 6.45) is 0. The van der Waals surface area contributed by atoms with Crippen molar-refractivity contribution < 1.29 is 9.59 Å². The summed E-state index contributed by atoms with van der Waals surface area (Å²) in [5.74, 6) is -0.508. The van der Waals surface area contributed by atoms with Gasteiger partial charge in [-0.05, 0) is 65.9 Å². The number of hydrogen-bond acceptors (Lipinski definition) is 6. The van der Waals surface area contributed by atoms with Crippen molar-refractivity contribution in [3.63, 3.8) is 0 Å². The van der Waals surface area contributed by atoms with E-state index >= 15 is 0 Å². The van der Waals surface area contributed by atoms with Crippen LogP contribution in [0.15, 0.2) is 90.3 Å². The first-order valence-electron chi connectivity index (χ1n) is 12.6. The Labute approximate surface area is 231 Å². The van der Waals surface area contributed by atoms with Crippen LogP contribution in [0.3, 0.4) is 0 Å². The van der Waals surface area contributed by atoms with Gasteiger partial charge in [-0.1, -0.05) is 47.7 Å². The second-order valence-electron chi connectivity index (χ2n) is 9.53. The van der Waals surface area contributed by atoms with Crippen LogP contribution in [0.4, 0.5) is 11.4 Å². The number of para-hydroxylation sites is 1. The van der Waals surface area contributed by atoms with Crippen molar-refractivity contribution >= 4 is 45.6 Å². The summed E-state index contributed by atoms with van der Waals surface area (Å²) >= 11 is 1.45. The number of carbonyl (C=O) groups is 2. The molecule has 0 aliphatic heterocycles.